The molecule has 0 radical (unpaired) electrons. The molecule has 0 saturated carbocycles. The molecule has 0 aliphatic rings. The van der Waals surface area contributed by atoms with Gasteiger partial charge >= 0.3 is 24.1 Å². The third kappa shape index (κ3) is 8.56. The molecular formula is C26H32N4O10. The van der Waals surface area contributed by atoms with Crippen LogP contribution in [0.3, 0.4) is 0 Å². The maximum atomic E-state index is 12.6. The van der Waals surface area contributed by atoms with Crippen molar-refractivity contribution in [1.82, 2.24) is 21.3 Å². The van der Waals surface area contributed by atoms with Crippen molar-refractivity contribution in [2.45, 2.75) is 25.9 Å². The maximum Gasteiger partial charge on any atom is 0.412 e. The number of carboxylic acid groups (broad SMARTS) is 2. The standard InChI is InChI=1S/C26H32N4O10/c1-15(31)19-14-18-22(39-25(36)29-12-10-27-8-6-20(32)33)16-4-2-3-5-17(16)23(24(18)38-19)40-26(37)30-13-11-28-9-7-21(34)35/h2-5,14-15,27-28,31H,6-13H2,1H3,(H,29,36)(H,30,37)(H,32,33)(H,34,35). The molecule has 3 rings (SSSR count). The highest BCUT2D eigenvalue weighted by Gasteiger charge is 2.24. The quantitative estimate of drug-likeness (QED) is 0.133. The summed E-state index contributed by atoms with van der Waals surface area (Å²) >= 11 is 0. The number of rotatable bonds is 15. The van der Waals surface area contributed by atoms with E-state index in [9.17, 15) is 24.3 Å². The van der Waals surface area contributed by atoms with Gasteiger partial charge in [-0.25, -0.2) is 9.59 Å². The van der Waals surface area contributed by atoms with Gasteiger partial charge in [0.25, 0.3) is 0 Å². The number of aliphatic hydroxyl groups is 1. The predicted octanol–water partition coefficient (Wildman–Crippen LogP) is 1.94. The number of aliphatic hydroxyl groups excluding tert-OH is 1. The maximum absolute atomic E-state index is 12.6. The molecule has 1 unspecified atom stereocenters. The van der Waals surface area contributed by atoms with Crippen LogP contribution in [0.2, 0.25) is 0 Å². The van der Waals surface area contributed by atoms with E-state index in [1.165, 1.54) is 13.0 Å². The van der Waals surface area contributed by atoms with Crippen LogP contribution in [0.1, 0.15) is 31.6 Å². The summed E-state index contributed by atoms with van der Waals surface area (Å²) < 4.78 is 17.1. The van der Waals surface area contributed by atoms with E-state index in [1.807, 2.05) is 0 Å². The van der Waals surface area contributed by atoms with E-state index in [-0.39, 0.29) is 61.9 Å². The summed E-state index contributed by atoms with van der Waals surface area (Å²) in [4.78, 5) is 46.4. The van der Waals surface area contributed by atoms with Crippen molar-refractivity contribution in [3.8, 4) is 11.5 Å². The number of furan rings is 1. The van der Waals surface area contributed by atoms with Crippen LogP contribution < -0.4 is 30.7 Å². The second kappa shape index (κ2) is 14.7. The first-order valence-corrected chi connectivity index (χ1v) is 12.6. The lowest BCUT2D eigenvalue weighted by atomic mass is 10.1. The first-order valence-electron chi connectivity index (χ1n) is 12.6. The highest BCUT2D eigenvalue weighted by Crippen LogP contribution is 2.45. The lowest BCUT2D eigenvalue weighted by Gasteiger charge is -2.14. The molecule has 14 heteroatoms. The van der Waals surface area contributed by atoms with Crippen molar-refractivity contribution in [2.75, 3.05) is 39.3 Å². The van der Waals surface area contributed by atoms with E-state index in [0.717, 1.165) is 0 Å². The molecule has 1 atom stereocenters. The summed E-state index contributed by atoms with van der Waals surface area (Å²) in [5, 5.41) is 39.6. The fourth-order valence-electron chi connectivity index (χ4n) is 3.72. The van der Waals surface area contributed by atoms with E-state index in [0.29, 0.717) is 29.2 Å². The number of hydrogen-bond acceptors (Lipinski definition) is 10. The zero-order chi connectivity index (χ0) is 29.1. The number of carbonyl (C=O) groups excluding carboxylic acids is 2. The molecule has 40 heavy (non-hydrogen) atoms. The lowest BCUT2D eigenvalue weighted by Crippen LogP contribution is -2.34. The third-order valence-corrected chi connectivity index (χ3v) is 5.59. The van der Waals surface area contributed by atoms with Crippen LogP contribution in [0, 0.1) is 0 Å². The second-order valence-electron chi connectivity index (χ2n) is 8.69. The van der Waals surface area contributed by atoms with Crippen LogP contribution in [0.5, 0.6) is 11.5 Å². The Morgan fingerprint density at radius 3 is 1.77 bits per heavy atom. The van der Waals surface area contributed by atoms with Crippen LogP contribution in [0.25, 0.3) is 21.7 Å². The molecule has 0 fully saturated rings. The normalized spacial score (nSPS) is 11.8. The molecule has 2 aromatic carbocycles. The Balaban J connectivity index is 1.79. The minimum absolute atomic E-state index is 0.0450. The summed E-state index contributed by atoms with van der Waals surface area (Å²) in [6, 6.07) is 8.26. The molecule has 0 spiro atoms. The first kappa shape index (κ1) is 30.1. The van der Waals surface area contributed by atoms with Gasteiger partial charge in [-0.15, -0.1) is 0 Å². The topological polar surface area (TPSA) is 209 Å². The number of benzene rings is 2. The van der Waals surface area contributed by atoms with Gasteiger partial charge in [0.15, 0.2) is 17.1 Å². The number of carbonyl (C=O) groups is 4. The van der Waals surface area contributed by atoms with Crippen molar-refractivity contribution >= 4 is 45.9 Å². The molecule has 216 valence electrons. The van der Waals surface area contributed by atoms with Crippen LogP contribution >= 0.6 is 0 Å². The second-order valence-corrected chi connectivity index (χ2v) is 8.69. The molecule has 0 saturated heterocycles. The lowest BCUT2D eigenvalue weighted by molar-refractivity contribution is -0.137. The first-order chi connectivity index (χ1) is 19.2. The highest BCUT2D eigenvalue weighted by molar-refractivity contribution is 6.11. The highest BCUT2D eigenvalue weighted by atomic mass is 16.6. The Bertz CT molecular complexity index is 1260. The molecule has 0 bridgehead atoms. The van der Waals surface area contributed by atoms with E-state index < -0.39 is 30.2 Å². The molecule has 0 aliphatic carbocycles. The molecule has 7 N–H and O–H groups in total. The molecule has 3 aromatic rings. The van der Waals surface area contributed by atoms with Crippen LogP contribution in [0.15, 0.2) is 34.7 Å². The van der Waals surface area contributed by atoms with E-state index in [4.69, 9.17) is 24.1 Å². The average molecular weight is 561 g/mol. The van der Waals surface area contributed by atoms with Gasteiger partial charge in [-0.3, -0.25) is 9.59 Å². The van der Waals surface area contributed by atoms with Gasteiger partial charge in [-0.1, -0.05) is 24.3 Å². The minimum Gasteiger partial charge on any atom is -0.481 e. The van der Waals surface area contributed by atoms with Gasteiger partial charge in [0, 0.05) is 50.0 Å². The van der Waals surface area contributed by atoms with E-state index in [2.05, 4.69) is 21.3 Å². The van der Waals surface area contributed by atoms with Crippen molar-refractivity contribution in [2.24, 2.45) is 0 Å². The molecule has 0 aliphatic heterocycles. The fourth-order valence-corrected chi connectivity index (χ4v) is 3.72. The van der Waals surface area contributed by atoms with Crippen molar-refractivity contribution in [3.05, 3.63) is 36.1 Å². The Morgan fingerprint density at radius 2 is 1.27 bits per heavy atom. The van der Waals surface area contributed by atoms with Gasteiger partial charge in [0.2, 0.25) is 0 Å². The molecule has 1 heterocycles. The number of nitrogens with one attached hydrogen (secondary N) is 4. The number of carboxylic acids is 2. The Kier molecular flexibility index (Phi) is 11.1. The summed E-state index contributed by atoms with van der Waals surface area (Å²) in [7, 11) is 0. The van der Waals surface area contributed by atoms with Crippen LogP contribution in [0.4, 0.5) is 9.59 Å². The summed E-state index contributed by atoms with van der Waals surface area (Å²) in [6.45, 7) is 2.99. The molecule has 1 aromatic heterocycles. The van der Waals surface area contributed by atoms with E-state index in [1.54, 1.807) is 24.3 Å². The monoisotopic (exact) mass is 560 g/mol. The summed E-state index contributed by atoms with van der Waals surface area (Å²) in [6.07, 6.45) is -2.66. The van der Waals surface area contributed by atoms with Crippen molar-refractivity contribution in [3.63, 3.8) is 0 Å². The average Bonchev–Trinajstić information content (AvgIpc) is 3.35. The molecular weight excluding hydrogens is 528 g/mol. The smallest absolute Gasteiger partial charge is 0.412 e. The third-order valence-electron chi connectivity index (χ3n) is 5.59. The fraction of sp³-hybridized carbons (Fsp3) is 0.385. The molecule has 2 amide bonds. The van der Waals surface area contributed by atoms with Crippen LogP contribution in [-0.2, 0) is 9.59 Å². The summed E-state index contributed by atoms with van der Waals surface area (Å²) in [5.41, 5.74) is 0.0856. The van der Waals surface area contributed by atoms with Crippen LogP contribution in [-0.4, -0.2) is 78.7 Å². The Morgan fingerprint density at radius 1 is 0.775 bits per heavy atom. The van der Waals surface area contributed by atoms with E-state index >= 15 is 0 Å². The van der Waals surface area contributed by atoms with Gasteiger partial charge in [-0.05, 0) is 13.0 Å². The zero-order valence-corrected chi connectivity index (χ0v) is 21.8. The Hall–Kier alpha value is -4.40. The number of amides is 2. The number of hydrogen-bond donors (Lipinski definition) is 7. The van der Waals surface area contributed by atoms with Gasteiger partial charge in [0.05, 0.1) is 18.2 Å². The largest absolute Gasteiger partial charge is 0.481 e. The van der Waals surface area contributed by atoms with Gasteiger partial charge in [-0.2, -0.15) is 0 Å². The van der Waals surface area contributed by atoms with Gasteiger partial charge in [0.1, 0.15) is 11.9 Å². The Labute approximate surface area is 228 Å². The SMILES string of the molecule is CC(O)c1cc2c(OC(=O)NCCNCCC(=O)O)c3ccccc3c(OC(=O)NCCNCCC(=O)O)c2o1. The van der Waals surface area contributed by atoms with Crippen molar-refractivity contribution in [1.29, 1.82) is 0 Å². The number of aliphatic carboxylic acids is 2. The van der Waals surface area contributed by atoms with Gasteiger partial charge < -0.3 is 50.5 Å². The van der Waals surface area contributed by atoms with Crippen molar-refractivity contribution < 1.29 is 48.4 Å². The number of ether oxygens (including phenoxy) is 2. The zero-order valence-electron chi connectivity index (χ0n) is 21.8. The molecule has 14 nitrogen and oxygen atoms in total. The number of fused-ring (bicyclic) bond motifs is 2. The summed E-state index contributed by atoms with van der Waals surface area (Å²) in [5.74, 6) is -1.51. The minimum atomic E-state index is -1.01. The predicted molar refractivity (Wildman–Crippen MR) is 143 cm³/mol.